The van der Waals surface area contributed by atoms with Gasteiger partial charge in [0.25, 0.3) is 5.91 Å². The summed E-state index contributed by atoms with van der Waals surface area (Å²) in [7, 11) is 0. The summed E-state index contributed by atoms with van der Waals surface area (Å²) in [5, 5.41) is 5.96. The van der Waals surface area contributed by atoms with Gasteiger partial charge in [-0.3, -0.25) is 4.79 Å². The highest BCUT2D eigenvalue weighted by atomic mass is 79.9. The molecule has 3 aromatic rings. The van der Waals surface area contributed by atoms with E-state index in [9.17, 15) is 4.79 Å². The van der Waals surface area contributed by atoms with E-state index in [2.05, 4.69) is 26.2 Å². The van der Waals surface area contributed by atoms with E-state index in [1.54, 1.807) is 23.5 Å². The lowest BCUT2D eigenvalue weighted by Crippen LogP contribution is -2.11. The van der Waals surface area contributed by atoms with Crippen LogP contribution >= 0.6 is 27.3 Å². The van der Waals surface area contributed by atoms with Gasteiger partial charge >= 0.3 is 0 Å². The zero-order valence-corrected chi connectivity index (χ0v) is 14.2. The van der Waals surface area contributed by atoms with Crippen LogP contribution in [0.25, 0.3) is 11.3 Å². The van der Waals surface area contributed by atoms with E-state index in [0.717, 1.165) is 26.4 Å². The Kier molecular flexibility index (Phi) is 4.36. The summed E-state index contributed by atoms with van der Waals surface area (Å²) in [6.45, 7) is 1.98. The fourth-order valence-electron chi connectivity index (χ4n) is 2.06. The number of carbonyl (C=O) groups excluding carboxylic acids is 1. The number of hydrogen-bond donors (Lipinski definition) is 1. The smallest absolute Gasteiger partial charge is 0.255 e. The van der Waals surface area contributed by atoms with Gasteiger partial charge in [0.15, 0.2) is 0 Å². The van der Waals surface area contributed by atoms with Gasteiger partial charge in [-0.25, -0.2) is 4.98 Å². The number of carbonyl (C=O) groups is 1. The lowest BCUT2D eigenvalue weighted by Gasteiger charge is -2.07. The second-order valence-corrected chi connectivity index (χ2v) is 6.77. The van der Waals surface area contributed by atoms with Gasteiger partial charge in [0, 0.05) is 26.7 Å². The minimum atomic E-state index is -0.126. The van der Waals surface area contributed by atoms with Gasteiger partial charge in [-0.2, -0.15) is 0 Å². The van der Waals surface area contributed by atoms with E-state index >= 15 is 0 Å². The van der Waals surface area contributed by atoms with Crippen molar-refractivity contribution in [3.63, 3.8) is 0 Å². The summed E-state index contributed by atoms with van der Waals surface area (Å²) < 4.78 is 0.949. The highest BCUT2D eigenvalue weighted by Crippen LogP contribution is 2.24. The van der Waals surface area contributed by atoms with Crippen molar-refractivity contribution < 1.29 is 4.79 Å². The molecular formula is C17H13BrN2OS. The van der Waals surface area contributed by atoms with Gasteiger partial charge in [-0.1, -0.05) is 28.1 Å². The average Bonchev–Trinajstić information content (AvgIpc) is 2.95. The third-order valence-electron chi connectivity index (χ3n) is 3.14. The molecule has 1 aromatic heterocycles. The van der Waals surface area contributed by atoms with Crippen LogP contribution in [0.3, 0.4) is 0 Å². The Hall–Kier alpha value is -1.98. The van der Waals surface area contributed by atoms with Crippen molar-refractivity contribution in [2.75, 3.05) is 5.32 Å². The SMILES string of the molecule is Cc1nc(-c2cccc(NC(=O)c3ccc(Br)cc3)c2)cs1. The largest absolute Gasteiger partial charge is 0.322 e. The molecule has 0 bridgehead atoms. The predicted molar refractivity (Wildman–Crippen MR) is 94.4 cm³/mol. The van der Waals surface area contributed by atoms with Gasteiger partial charge < -0.3 is 5.32 Å². The lowest BCUT2D eigenvalue weighted by molar-refractivity contribution is 0.102. The number of aromatic nitrogens is 1. The van der Waals surface area contributed by atoms with E-state index < -0.39 is 0 Å². The van der Waals surface area contributed by atoms with Gasteiger partial charge in [0.1, 0.15) is 0 Å². The molecule has 0 aliphatic rings. The molecule has 1 N–H and O–H groups in total. The maximum atomic E-state index is 12.2. The zero-order valence-electron chi connectivity index (χ0n) is 11.8. The molecular weight excluding hydrogens is 360 g/mol. The van der Waals surface area contributed by atoms with Crippen molar-refractivity contribution in [3.05, 3.63) is 69.0 Å². The van der Waals surface area contributed by atoms with Crippen molar-refractivity contribution in [1.29, 1.82) is 0 Å². The molecule has 3 rings (SSSR count). The Morgan fingerprint density at radius 3 is 2.64 bits per heavy atom. The number of hydrogen-bond acceptors (Lipinski definition) is 3. The first-order valence-electron chi connectivity index (χ1n) is 6.71. The molecule has 1 heterocycles. The van der Waals surface area contributed by atoms with E-state index in [4.69, 9.17) is 0 Å². The van der Waals surface area contributed by atoms with Crippen molar-refractivity contribution in [2.45, 2.75) is 6.92 Å². The predicted octanol–water partition coefficient (Wildman–Crippen LogP) is 5.13. The third kappa shape index (κ3) is 3.43. The number of thiazole rings is 1. The Morgan fingerprint density at radius 2 is 1.95 bits per heavy atom. The van der Waals surface area contributed by atoms with Crippen LogP contribution in [0.2, 0.25) is 0 Å². The highest BCUT2D eigenvalue weighted by molar-refractivity contribution is 9.10. The first-order chi connectivity index (χ1) is 10.6. The molecule has 0 radical (unpaired) electrons. The molecule has 22 heavy (non-hydrogen) atoms. The van der Waals surface area contributed by atoms with E-state index in [1.807, 2.05) is 48.7 Å². The minimum Gasteiger partial charge on any atom is -0.322 e. The molecule has 0 unspecified atom stereocenters. The molecule has 2 aromatic carbocycles. The number of amides is 1. The standard InChI is InChI=1S/C17H13BrN2OS/c1-11-19-16(10-22-11)13-3-2-4-15(9-13)20-17(21)12-5-7-14(18)8-6-12/h2-10H,1H3,(H,20,21). The summed E-state index contributed by atoms with van der Waals surface area (Å²) in [5.74, 6) is -0.126. The number of anilines is 1. The monoisotopic (exact) mass is 372 g/mol. The first-order valence-corrected chi connectivity index (χ1v) is 8.38. The molecule has 110 valence electrons. The van der Waals surface area contributed by atoms with Crippen molar-refractivity contribution in [2.24, 2.45) is 0 Å². The van der Waals surface area contributed by atoms with Crippen LogP contribution in [0.4, 0.5) is 5.69 Å². The molecule has 0 aliphatic heterocycles. The summed E-state index contributed by atoms with van der Waals surface area (Å²) in [6.07, 6.45) is 0. The van der Waals surface area contributed by atoms with Gasteiger partial charge in [-0.05, 0) is 43.3 Å². The second kappa shape index (κ2) is 6.42. The van der Waals surface area contributed by atoms with Crippen LogP contribution in [-0.4, -0.2) is 10.9 Å². The molecule has 0 saturated heterocycles. The molecule has 0 aliphatic carbocycles. The van der Waals surface area contributed by atoms with Crippen LogP contribution in [0.5, 0.6) is 0 Å². The Balaban J connectivity index is 1.81. The topological polar surface area (TPSA) is 42.0 Å². The van der Waals surface area contributed by atoms with Gasteiger partial charge in [0.05, 0.1) is 10.7 Å². The van der Waals surface area contributed by atoms with Crippen LogP contribution in [0.15, 0.2) is 58.4 Å². The molecule has 3 nitrogen and oxygen atoms in total. The van der Waals surface area contributed by atoms with E-state index in [1.165, 1.54) is 0 Å². The minimum absolute atomic E-state index is 0.126. The number of aryl methyl sites for hydroxylation is 1. The van der Waals surface area contributed by atoms with Crippen LogP contribution in [0.1, 0.15) is 15.4 Å². The molecule has 0 atom stereocenters. The molecule has 0 spiro atoms. The fourth-order valence-corrected chi connectivity index (χ4v) is 2.94. The molecule has 0 fully saturated rings. The summed E-state index contributed by atoms with van der Waals surface area (Å²) in [6, 6.07) is 15.0. The maximum absolute atomic E-state index is 12.2. The molecule has 1 amide bonds. The summed E-state index contributed by atoms with van der Waals surface area (Å²) >= 11 is 4.98. The van der Waals surface area contributed by atoms with Crippen LogP contribution in [-0.2, 0) is 0 Å². The maximum Gasteiger partial charge on any atom is 0.255 e. The Labute approximate surface area is 141 Å². The fraction of sp³-hybridized carbons (Fsp3) is 0.0588. The summed E-state index contributed by atoms with van der Waals surface area (Å²) in [4.78, 5) is 16.7. The highest BCUT2D eigenvalue weighted by Gasteiger charge is 2.07. The third-order valence-corrected chi connectivity index (χ3v) is 4.44. The average molecular weight is 373 g/mol. The number of benzene rings is 2. The normalized spacial score (nSPS) is 10.5. The second-order valence-electron chi connectivity index (χ2n) is 4.79. The van der Waals surface area contributed by atoms with E-state index in [-0.39, 0.29) is 5.91 Å². The van der Waals surface area contributed by atoms with Crippen molar-refractivity contribution >= 4 is 38.9 Å². The Bertz CT molecular complexity index is 812. The number of nitrogens with zero attached hydrogens (tertiary/aromatic N) is 1. The van der Waals surface area contributed by atoms with Crippen LogP contribution in [0, 0.1) is 6.92 Å². The van der Waals surface area contributed by atoms with Gasteiger partial charge in [-0.15, -0.1) is 11.3 Å². The lowest BCUT2D eigenvalue weighted by atomic mass is 10.1. The number of halogens is 1. The number of rotatable bonds is 3. The zero-order chi connectivity index (χ0) is 15.5. The quantitative estimate of drug-likeness (QED) is 0.691. The first kappa shape index (κ1) is 14.9. The van der Waals surface area contributed by atoms with Crippen molar-refractivity contribution in [1.82, 2.24) is 4.98 Å². The molecule has 0 saturated carbocycles. The van der Waals surface area contributed by atoms with Crippen molar-refractivity contribution in [3.8, 4) is 11.3 Å². The Morgan fingerprint density at radius 1 is 1.18 bits per heavy atom. The molecule has 5 heteroatoms. The van der Waals surface area contributed by atoms with Gasteiger partial charge in [0.2, 0.25) is 0 Å². The van der Waals surface area contributed by atoms with Crippen LogP contribution < -0.4 is 5.32 Å². The summed E-state index contributed by atoms with van der Waals surface area (Å²) in [5.41, 5.74) is 3.31. The number of nitrogens with one attached hydrogen (secondary N) is 1. The van der Waals surface area contributed by atoms with E-state index in [0.29, 0.717) is 5.56 Å².